The number of carbonyl (C=O) groups is 2. The zero-order valence-electron chi connectivity index (χ0n) is 10.5. The van der Waals surface area contributed by atoms with Crippen molar-refractivity contribution >= 4 is 27.7 Å². The van der Waals surface area contributed by atoms with Crippen LogP contribution < -0.4 is 4.74 Å². The number of ketones is 1. The van der Waals surface area contributed by atoms with Crippen LogP contribution in [0.5, 0.6) is 5.75 Å². The molecule has 0 bridgehead atoms. The standard InChI is InChI=1S/C16H11BrO3/c17-12-9-11-7-4-8-13(14(11)15(12)18)20-16(19)10-5-2-1-3-6-10/h1-8,12H,9H2. The molecule has 1 atom stereocenters. The van der Waals surface area contributed by atoms with E-state index in [2.05, 4.69) is 15.9 Å². The number of rotatable bonds is 2. The first-order valence-electron chi connectivity index (χ1n) is 6.24. The second-order valence-electron chi connectivity index (χ2n) is 4.58. The first kappa shape index (κ1) is 13.1. The van der Waals surface area contributed by atoms with Crippen molar-refractivity contribution < 1.29 is 14.3 Å². The highest BCUT2D eigenvalue weighted by molar-refractivity contribution is 9.10. The number of carbonyl (C=O) groups excluding carboxylic acids is 2. The number of hydrogen-bond acceptors (Lipinski definition) is 3. The van der Waals surface area contributed by atoms with Gasteiger partial charge in [0.05, 0.1) is 16.0 Å². The van der Waals surface area contributed by atoms with Gasteiger partial charge in [-0.2, -0.15) is 0 Å². The van der Waals surface area contributed by atoms with Gasteiger partial charge < -0.3 is 4.74 Å². The van der Waals surface area contributed by atoms with Gasteiger partial charge in [-0.05, 0) is 30.2 Å². The van der Waals surface area contributed by atoms with E-state index in [1.165, 1.54) is 0 Å². The Kier molecular flexibility index (Phi) is 3.40. The molecule has 2 aromatic rings. The van der Waals surface area contributed by atoms with E-state index >= 15 is 0 Å². The summed E-state index contributed by atoms with van der Waals surface area (Å²) in [5, 5.41) is 0. The van der Waals surface area contributed by atoms with Crippen LogP contribution in [0.25, 0.3) is 0 Å². The average molecular weight is 331 g/mol. The van der Waals surface area contributed by atoms with Gasteiger partial charge in [-0.15, -0.1) is 0 Å². The summed E-state index contributed by atoms with van der Waals surface area (Å²) in [6.45, 7) is 0. The summed E-state index contributed by atoms with van der Waals surface area (Å²) in [5.41, 5.74) is 1.89. The van der Waals surface area contributed by atoms with Gasteiger partial charge in [0.25, 0.3) is 0 Å². The molecule has 0 spiro atoms. The molecule has 0 amide bonds. The molecule has 0 radical (unpaired) electrons. The largest absolute Gasteiger partial charge is 0.422 e. The van der Waals surface area contributed by atoms with Crippen molar-refractivity contribution in [2.45, 2.75) is 11.2 Å². The van der Waals surface area contributed by atoms with Gasteiger partial charge in [0.2, 0.25) is 0 Å². The number of alkyl halides is 1. The zero-order chi connectivity index (χ0) is 14.1. The van der Waals surface area contributed by atoms with E-state index in [1.807, 2.05) is 12.1 Å². The molecule has 0 fully saturated rings. The van der Waals surface area contributed by atoms with Crippen LogP contribution in [0.2, 0.25) is 0 Å². The third kappa shape index (κ3) is 2.27. The minimum absolute atomic E-state index is 0.0311. The van der Waals surface area contributed by atoms with Gasteiger partial charge in [0, 0.05) is 0 Å². The smallest absolute Gasteiger partial charge is 0.343 e. The van der Waals surface area contributed by atoms with E-state index in [1.54, 1.807) is 36.4 Å². The van der Waals surface area contributed by atoms with Crippen molar-refractivity contribution in [1.29, 1.82) is 0 Å². The molecule has 0 aliphatic heterocycles. The van der Waals surface area contributed by atoms with Crippen LogP contribution in [-0.4, -0.2) is 16.6 Å². The van der Waals surface area contributed by atoms with E-state index in [0.29, 0.717) is 23.3 Å². The lowest BCUT2D eigenvalue weighted by atomic mass is 10.1. The molecular formula is C16H11BrO3. The monoisotopic (exact) mass is 330 g/mol. The first-order valence-corrected chi connectivity index (χ1v) is 7.16. The predicted molar refractivity (Wildman–Crippen MR) is 78.6 cm³/mol. The molecule has 0 saturated heterocycles. The predicted octanol–water partition coefficient (Wildman–Crippen LogP) is 3.41. The number of ether oxygens (including phenoxy) is 1. The Morgan fingerprint density at radius 3 is 2.60 bits per heavy atom. The van der Waals surface area contributed by atoms with Crippen LogP contribution in [-0.2, 0) is 6.42 Å². The van der Waals surface area contributed by atoms with Crippen LogP contribution in [0.3, 0.4) is 0 Å². The fraction of sp³-hybridized carbons (Fsp3) is 0.125. The summed E-state index contributed by atoms with van der Waals surface area (Å²) in [6, 6.07) is 14.1. The zero-order valence-corrected chi connectivity index (χ0v) is 12.1. The molecule has 0 saturated carbocycles. The number of fused-ring (bicyclic) bond motifs is 1. The van der Waals surface area contributed by atoms with E-state index in [9.17, 15) is 9.59 Å². The summed E-state index contributed by atoms with van der Waals surface area (Å²) in [4.78, 5) is 23.9. The molecule has 1 unspecified atom stereocenters. The van der Waals surface area contributed by atoms with Crippen LogP contribution in [0, 0.1) is 0 Å². The Balaban J connectivity index is 1.92. The Bertz CT molecular complexity index is 679. The van der Waals surface area contributed by atoms with Gasteiger partial charge in [0.1, 0.15) is 5.75 Å². The SMILES string of the molecule is O=C(Oc1cccc2c1C(=O)C(Br)C2)c1ccccc1. The highest BCUT2D eigenvalue weighted by Gasteiger charge is 2.32. The molecule has 1 aliphatic carbocycles. The second kappa shape index (κ2) is 5.21. The number of esters is 1. The van der Waals surface area contributed by atoms with Crippen molar-refractivity contribution in [2.24, 2.45) is 0 Å². The highest BCUT2D eigenvalue weighted by atomic mass is 79.9. The van der Waals surface area contributed by atoms with Gasteiger partial charge in [0.15, 0.2) is 5.78 Å². The summed E-state index contributed by atoms with van der Waals surface area (Å²) in [6.07, 6.45) is 0.630. The van der Waals surface area contributed by atoms with Gasteiger partial charge in [-0.25, -0.2) is 4.79 Å². The maximum absolute atomic E-state index is 12.1. The van der Waals surface area contributed by atoms with E-state index in [4.69, 9.17) is 4.74 Å². The Morgan fingerprint density at radius 1 is 1.10 bits per heavy atom. The summed E-state index contributed by atoms with van der Waals surface area (Å²) < 4.78 is 5.38. The quantitative estimate of drug-likeness (QED) is 0.481. The summed E-state index contributed by atoms with van der Waals surface area (Å²) in [5.74, 6) is -0.149. The van der Waals surface area contributed by atoms with Crippen molar-refractivity contribution in [2.75, 3.05) is 0 Å². The minimum atomic E-state index is -0.454. The van der Waals surface area contributed by atoms with Crippen molar-refractivity contribution in [3.8, 4) is 5.75 Å². The summed E-state index contributed by atoms with van der Waals surface area (Å²) in [7, 11) is 0. The molecule has 0 heterocycles. The Morgan fingerprint density at radius 2 is 1.85 bits per heavy atom. The van der Waals surface area contributed by atoms with Crippen LogP contribution in [0.1, 0.15) is 26.3 Å². The van der Waals surface area contributed by atoms with E-state index in [-0.39, 0.29) is 10.6 Å². The van der Waals surface area contributed by atoms with Gasteiger partial charge >= 0.3 is 5.97 Å². The van der Waals surface area contributed by atoms with Gasteiger partial charge in [-0.3, -0.25) is 4.79 Å². The molecule has 100 valence electrons. The molecular weight excluding hydrogens is 320 g/mol. The number of benzene rings is 2. The lowest BCUT2D eigenvalue weighted by Gasteiger charge is -2.08. The third-order valence-electron chi connectivity index (χ3n) is 3.25. The maximum Gasteiger partial charge on any atom is 0.343 e. The minimum Gasteiger partial charge on any atom is -0.422 e. The molecule has 2 aromatic carbocycles. The van der Waals surface area contributed by atoms with Crippen molar-refractivity contribution in [3.63, 3.8) is 0 Å². The third-order valence-corrected chi connectivity index (χ3v) is 3.99. The fourth-order valence-electron chi connectivity index (χ4n) is 2.29. The summed E-state index contributed by atoms with van der Waals surface area (Å²) >= 11 is 3.34. The van der Waals surface area contributed by atoms with Crippen LogP contribution in [0.4, 0.5) is 0 Å². The lowest BCUT2D eigenvalue weighted by molar-refractivity contribution is 0.0733. The molecule has 3 rings (SSSR count). The highest BCUT2D eigenvalue weighted by Crippen LogP contribution is 2.33. The lowest BCUT2D eigenvalue weighted by Crippen LogP contribution is -2.12. The second-order valence-corrected chi connectivity index (χ2v) is 5.69. The van der Waals surface area contributed by atoms with Crippen molar-refractivity contribution in [3.05, 3.63) is 65.2 Å². The number of halogens is 1. The molecule has 1 aliphatic rings. The molecule has 0 N–H and O–H groups in total. The first-order chi connectivity index (χ1) is 9.66. The van der Waals surface area contributed by atoms with Crippen molar-refractivity contribution in [1.82, 2.24) is 0 Å². The fourth-order valence-corrected chi connectivity index (χ4v) is 2.86. The normalized spacial score (nSPS) is 16.9. The maximum atomic E-state index is 12.1. The average Bonchev–Trinajstić information content (AvgIpc) is 2.76. The molecule has 4 heteroatoms. The van der Waals surface area contributed by atoms with Gasteiger partial charge in [-0.1, -0.05) is 46.3 Å². The van der Waals surface area contributed by atoms with Crippen LogP contribution >= 0.6 is 15.9 Å². The Hall–Kier alpha value is -1.94. The molecule has 20 heavy (non-hydrogen) atoms. The number of hydrogen-bond donors (Lipinski definition) is 0. The number of Topliss-reactive ketones (excluding diaryl/α,β-unsaturated/α-hetero) is 1. The molecule has 3 nitrogen and oxygen atoms in total. The van der Waals surface area contributed by atoms with Crippen LogP contribution in [0.15, 0.2) is 48.5 Å². The Labute approximate surface area is 124 Å². The van der Waals surface area contributed by atoms with E-state index < -0.39 is 5.97 Å². The molecule has 0 aromatic heterocycles. The topological polar surface area (TPSA) is 43.4 Å². The van der Waals surface area contributed by atoms with E-state index in [0.717, 1.165) is 5.56 Å².